The number of ether oxygens (including phenoxy) is 1. The molecule has 16 heavy (non-hydrogen) atoms. The molecule has 0 aliphatic carbocycles. The first-order chi connectivity index (χ1) is 7.84. The summed E-state index contributed by atoms with van der Waals surface area (Å²) in [6, 6.07) is 1.81. The third-order valence-corrected chi connectivity index (χ3v) is 2.79. The zero-order valence-electron chi connectivity index (χ0n) is 9.26. The molecule has 1 aromatic rings. The normalized spacial score (nSPS) is 17.2. The van der Waals surface area contributed by atoms with Crippen LogP contribution >= 0.6 is 0 Å². The molecule has 0 atom stereocenters. The van der Waals surface area contributed by atoms with Gasteiger partial charge in [-0.25, -0.2) is 0 Å². The summed E-state index contributed by atoms with van der Waals surface area (Å²) in [5.41, 5.74) is 0. The van der Waals surface area contributed by atoms with Crippen LogP contribution in [0, 0.1) is 5.92 Å². The topological polar surface area (TPSA) is 56.2 Å². The van der Waals surface area contributed by atoms with Gasteiger partial charge in [0.15, 0.2) is 0 Å². The van der Waals surface area contributed by atoms with Crippen molar-refractivity contribution < 1.29 is 9.53 Å². The van der Waals surface area contributed by atoms with E-state index in [2.05, 4.69) is 10.4 Å². The minimum atomic E-state index is 0.0233. The molecule has 0 bridgehead atoms. The lowest BCUT2D eigenvalue weighted by atomic mass is 10.0. The Hall–Kier alpha value is -1.36. The number of nitrogens with zero attached hydrogens (tertiary/aromatic N) is 2. The number of amides is 1. The summed E-state index contributed by atoms with van der Waals surface area (Å²) in [6.07, 6.45) is 5.55. The van der Waals surface area contributed by atoms with Crippen LogP contribution in [0.5, 0.6) is 0 Å². The van der Waals surface area contributed by atoms with Gasteiger partial charge in [-0.05, 0) is 24.8 Å². The van der Waals surface area contributed by atoms with Crippen molar-refractivity contribution in [1.82, 2.24) is 15.1 Å². The van der Waals surface area contributed by atoms with Crippen LogP contribution < -0.4 is 5.32 Å². The van der Waals surface area contributed by atoms with Crippen LogP contribution in [0.2, 0.25) is 0 Å². The largest absolute Gasteiger partial charge is 0.381 e. The van der Waals surface area contributed by atoms with E-state index >= 15 is 0 Å². The zero-order chi connectivity index (χ0) is 11.2. The third-order valence-electron chi connectivity index (χ3n) is 2.79. The third kappa shape index (κ3) is 3.34. The van der Waals surface area contributed by atoms with Gasteiger partial charge in [0.1, 0.15) is 6.54 Å². The van der Waals surface area contributed by atoms with Gasteiger partial charge in [0.05, 0.1) is 0 Å². The lowest BCUT2D eigenvalue weighted by Gasteiger charge is -2.22. The van der Waals surface area contributed by atoms with Crippen LogP contribution in [0.15, 0.2) is 18.5 Å². The van der Waals surface area contributed by atoms with E-state index in [1.54, 1.807) is 17.1 Å². The maximum absolute atomic E-state index is 11.5. The first kappa shape index (κ1) is 11.1. The second kappa shape index (κ2) is 5.65. The Morgan fingerprint density at radius 3 is 3.00 bits per heavy atom. The molecule has 1 aliphatic rings. The first-order valence-corrected chi connectivity index (χ1v) is 5.66. The molecule has 5 nitrogen and oxygen atoms in total. The number of rotatable bonds is 4. The van der Waals surface area contributed by atoms with E-state index in [4.69, 9.17) is 4.74 Å². The van der Waals surface area contributed by atoms with Gasteiger partial charge in [0.25, 0.3) is 0 Å². The molecule has 0 aromatic carbocycles. The zero-order valence-corrected chi connectivity index (χ0v) is 9.26. The van der Waals surface area contributed by atoms with Crippen molar-refractivity contribution in [1.29, 1.82) is 0 Å². The molecule has 5 heteroatoms. The van der Waals surface area contributed by atoms with Crippen LogP contribution in [0.3, 0.4) is 0 Å². The molecule has 0 spiro atoms. The number of aromatic nitrogens is 2. The summed E-state index contributed by atoms with van der Waals surface area (Å²) in [5, 5.41) is 6.92. The molecule has 88 valence electrons. The molecule has 2 rings (SSSR count). The molecule has 1 aliphatic heterocycles. The lowest BCUT2D eigenvalue weighted by Crippen LogP contribution is -2.34. The summed E-state index contributed by atoms with van der Waals surface area (Å²) in [4.78, 5) is 11.5. The highest BCUT2D eigenvalue weighted by Gasteiger charge is 2.14. The minimum absolute atomic E-state index is 0.0233. The molecule has 1 fully saturated rings. The Bertz CT molecular complexity index is 318. The number of nitrogens with one attached hydrogen (secondary N) is 1. The molecule has 1 saturated heterocycles. The maximum atomic E-state index is 11.5. The van der Waals surface area contributed by atoms with E-state index in [9.17, 15) is 4.79 Å². The summed E-state index contributed by atoms with van der Waals surface area (Å²) in [7, 11) is 0. The van der Waals surface area contributed by atoms with Gasteiger partial charge < -0.3 is 10.1 Å². The van der Waals surface area contributed by atoms with Gasteiger partial charge >= 0.3 is 0 Å². The standard InChI is InChI=1S/C11H17N3O2/c15-11(9-14-5-1-4-13-14)12-8-10-2-6-16-7-3-10/h1,4-5,10H,2-3,6-9H2,(H,12,15). The van der Waals surface area contributed by atoms with Crippen molar-refractivity contribution in [2.75, 3.05) is 19.8 Å². The van der Waals surface area contributed by atoms with E-state index in [0.717, 1.165) is 32.6 Å². The second-order valence-corrected chi connectivity index (χ2v) is 4.06. The number of carbonyl (C=O) groups excluding carboxylic acids is 1. The van der Waals surface area contributed by atoms with Crippen LogP contribution in [-0.4, -0.2) is 35.4 Å². The van der Waals surface area contributed by atoms with Crippen LogP contribution in [0.1, 0.15) is 12.8 Å². The first-order valence-electron chi connectivity index (χ1n) is 5.66. The molecule has 1 amide bonds. The number of hydrogen-bond donors (Lipinski definition) is 1. The molecule has 2 heterocycles. The van der Waals surface area contributed by atoms with Crippen molar-refractivity contribution in [2.24, 2.45) is 5.92 Å². The fourth-order valence-corrected chi connectivity index (χ4v) is 1.81. The highest BCUT2D eigenvalue weighted by molar-refractivity contribution is 5.75. The van der Waals surface area contributed by atoms with E-state index in [0.29, 0.717) is 12.5 Å². The van der Waals surface area contributed by atoms with Crippen LogP contribution in [0.4, 0.5) is 0 Å². The van der Waals surface area contributed by atoms with Gasteiger partial charge in [0, 0.05) is 32.2 Å². The van der Waals surface area contributed by atoms with Gasteiger partial charge in [-0.3, -0.25) is 9.48 Å². The van der Waals surface area contributed by atoms with Crippen molar-refractivity contribution in [2.45, 2.75) is 19.4 Å². The molecule has 1 aromatic heterocycles. The smallest absolute Gasteiger partial charge is 0.241 e. The van der Waals surface area contributed by atoms with E-state index in [1.807, 2.05) is 6.07 Å². The SMILES string of the molecule is O=C(Cn1cccn1)NCC1CCOCC1. The maximum Gasteiger partial charge on any atom is 0.241 e. The highest BCUT2D eigenvalue weighted by atomic mass is 16.5. The average Bonchev–Trinajstić information content (AvgIpc) is 2.81. The lowest BCUT2D eigenvalue weighted by molar-refractivity contribution is -0.122. The molecule has 0 radical (unpaired) electrons. The monoisotopic (exact) mass is 223 g/mol. The molecule has 0 unspecified atom stereocenters. The van der Waals surface area contributed by atoms with E-state index in [-0.39, 0.29) is 5.91 Å². The Morgan fingerprint density at radius 2 is 2.31 bits per heavy atom. The Labute approximate surface area is 94.8 Å². The predicted octanol–water partition coefficient (Wildman–Crippen LogP) is 0.426. The van der Waals surface area contributed by atoms with Crippen LogP contribution in [0.25, 0.3) is 0 Å². The Balaban J connectivity index is 1.67. The van der Waals surface area contributed by atoms with Crippen molar-refractivity contribution in [3.63, 3.8) is 0 Å². The quantitative estimate of drug-likeness (QED) is 0.805. The molecule has 1 N–H and O–H groups in total. The summed E-state index contributed by atoms with van der Waals surface area (Å²) in [5.74, 6) is 0.588. The Morgan fingerprint density at radius 1 is 1.50 bits per heavy atom. The summed E-state index contributed by atoms with van der Waals surface area (Å²) < 4.78 is 6.89. The van der Waals surface area contributed by atoms with E-state index < -0.39 is 0 Å². The minimum Gasteiger partial charge on any atom is -0.381 e. The van der Waals surface area contributed by atoms with E-state index in [1.165, 1.54) is 0 Å². The summed E-state index contributed by atoms with van der Waals surface area (Å²) >= 11 is 0. The van der Waals surface area contributed by atoms with Gasteiger partial charge in [-0.1, -0.05) is 0 Å². The molecular formula is C11H17N3O2. The molecule has 0 saturated carbocycles. The van der Waals surface area contributed by atoms with Crippen LogP contribution in [-0.2, 0) is 16.1 Å². The van der Waals surface area contributed by atoms with Gasteiger partial charge in [-0.15, -0.1) is 0 Å². The van der Waals surface area contributed by atoms with Crippen molar-refractivity contribution >= 4 is 5.91 Å². The Kier molecular flexibility index (Phi) is 3.93. The second-order valence-electron chi connectivity index (χ2n) is 4.06. The fraction of sp³-hybridized carbons (Fsp3) is 0.636. The fourth-order valence-electron chi connectivity index (χ4n) is 1.81. The van der Waals surface area contributed by atoms with Gasteiger partial charge in [0.2, 0.25) is 5.91 Å². The molecular weight excluding hydrogens is 206 g/mol. The average molecular weight is 223 g/mol. The highest BCUT2D eigenvalue weighted by Crippen LogP contribution is 2.12. The van der Waals surface area contributed by atoms with Crippen molar-refractivity contribution in [3.05, 3.63) is 18.5 Å². The van der Waals surface area contributed by atoms with Crippen molar-refractivity contribution in [3.8, 4) is 0 Å². The number of hydrogen-bond acceptors (Lipinski definition) is 3. The van der Waals surface area contributed by atoms with Gasteiger partial charge in [-0.2, -0.15) is 5.10 Å². The number of carbonyl (C=O) groups is 1. The summed E-state index contributed by atoms with van der Waals surface area (Å²) in [6.45, 7) is 2.69. The predicted molar refractivity (Wildman–Crippen MR) is 58.8 cm³/mol.